The van der Waals surface area contributed by atoms with E-state index in [9.17, 15) is 4.79 Å². The first-order valence-electron chi connectivity index (χ1n) is 4.97. The number of hydrazine groups is 1. The maximum Gasteiger partial charge on any atom is 0.256 e. The third-order valence-electron chi connectivity index (χ3n) is 2.19. The van der Waals surface area contributed by atoms with Crippen LogP contribution in [-0.4, -0.2) is 11.9 Å². The molecule has 0 aliphatic rings. The van der Waals surface area contributed by atoms with Gasteiger partial charge in [0.1, 0.15) is 6.04 Å². The maximum absolute atomic E-state index is 11.5. The predicted molar refractivity (Wildman–Crippen MR) is 61.0 cm³/mol. The first kappa shape index (κ1) is 11.5. The van der Waals surface area contributed by atoms with Crippen molar-refractivity contribution in [2.75, 3.05) is 5.32 Å². The summed E-state index contributed by atoms with van der Waals surface area (Å²) in [6, 6.07) is 9.29. The lowest BCUT2D eigenvalue weighted by Gasteiger charge is -2.21. The van der Waals surface area contributed by atoms with E-state index in [1.165, 1.54) is 0 Å². The standard InChI is InChI=1S/C11H17N3O/c1-8(2)10(11(15)14-12)13-9-6-4-3-5-7-9/h3-8,10,13H,12H2,1-2H3,(H,14,15). The zero-order chi connectivity index (χ0) is 11.3. The summed E-state index contributed by atoms with van der Waals surface area (Å²) in [6.07, 6.45) is 0. The number of nitrogens with one attached hydrogen (secondary N) is 2. The van der Waals surface area contributed by atoms with Gasteiger partial charge in [0.25, 0.3) is 5.91 Å². The average molecular weight is 207 g/mol. The van der Waals surface area contributed by atoms with Crippen LogP contribution in [-0.2, 0) is 4.79 Å². The number of benzene rings is 1. The highest BCUT2D eigenvalue weighted by molar-refractivity contribution is 5.84. The Labute approximate surface area is 89.8 Å². The van der Waals surface area contributed by atoms with Gasteiger partial charge < -0.3 is 5.32 Å². The number of para-hydroxylation sites is 1. The minimum Gasteiger partial charge on any atom is -0.373 e. The normalized spacial score (nSPS) is 12.3. The molecular formula is C11H17N3O. The van der Waals surface area contributed by atoms with Crippen LogP contribution in [0.3, 0.4) is 0 Å². The molecule has 1 aromatic rings. The van der Waals surface area contributed by atoms with E-state index in [4.69, 9.17) is 5.84 Å². The van der Waals surface area contributed by atoms with E-state index in [0.29, 0.717) is 0 Å². The summed E-state index contributed by atoms with van der Waals surface area (Å²) in [4.78, 5) is 11.5. The molecule has 15 heavy (non-hydrogen) atoms. The van der Waals surface area contributed by atoms with Crippen LogP contribution in [0, 0.1) is 5.92 Å². The molecule has 0 saturated carbocycles. The first-order valence-corrected chi connectivity index (χ1v) is 4.97. The lowest BCUT2D eigenvalue weighted by atomic mass is 10.0. The number of nitrogens with two attached hydrogens (primary N) is 1. The lowest BCUT2D eigenvalue weighted by molar-refractivity contribution is -0.122. The molecule has 1 rings (SSSR count). The van der Waals surface area contributed by atoms with Gasteiger partial charge in [-0.15, -0.1) is 0 Å². The van der Waals surface area contributed by atoms with Gasteiger partial charge in [-0.3, -0.25) is 10.2 Å². The Morgan fingerprint density at radius 3 is 2.33 bits per heavy atom. The van der Waals surface area contributed by atoms with E-state index in [-0.39, 0.29) is 17.9 Å². The summed E-state index contributed by atoms with van der Waals surface area (Å²) in [5, 5.41) is 3.14. The zero-order valence-electron chi connectivity index (χ0n) is 9.03. The van der Waals surface area contributed by atoms with Crippen molar-refractivity contribution in [2.45, 2.75) is 19.9 Å². The summed E-state index contributed by atoms with van der Waals surface area (Å²) in [5.41, 5.74) is 3.08. The molecule has 4 heteroatoms. The van der Waals surface area contributed by atoms with E-state index in [1.807, 2.05) is 44.2 Å². The van der Waals surface area contributed by atoms with E-state index < -0.39 is 0 Å². The molecule has 1 aromatic carbocycles. The van der Waals surface area contributed by atoms with Crippen molar-refractivity contribution in [1.82, 2.24) is 5.43 Å². The molecule has 0 heterocycles. The Bertz CT molecular complexity index is 311. The van der Waals surface area contributed by atoms with Crippen molar-refractivity contribution in [1.29, 1.82) is 0 Å². The van der Waals surface area contributed by atoms with E-state index >= 15 is 0 Å². The van der Waals surface area contributed by atoms with Crippen LogP contribution in [0.2, 0.25) is 0 Å². The van der Waals surface area contributed by atoms with Gasteiger partial charge in [0.15, 0.2) is 0 Å². The average Bonchev–Trinajstić information content (AvgIpc) is 2.26. The first-order chi connectivity index (χ1) is 7.15. The van der Waals surface area contributed by atoms with Crippen molar-refractivity contribution >= 4 is 11.6 Å². The molecule has 0 aliphatic heterocycles. The Kier molecular flexibility index (Phi) is 4.12. The number of carbonyl (C=O) groups excluding carboxylic acids is 1. The van der Waals surface area contributed by atoms with E-state index in [1.54, 1.807) is 0 Å². The van der Waals surface area contributed by atoms with Crippen molar-refractivity contribution in [3.63, 3.8) is 0 Å². The minimum atomic E-state index is -0.308. The van der Waals surface area contributed by atoms with Crippen LogP contribution in [0.4, 0.5) is 5.69 Å². The molecule has 0 radical (unpaired) electrons. The van der Waals surface area contributed by atoms with Crippen LogP contribution >= 0.6 is 0 Å². The smallest absolute Gasteiger partial charge is 0.256 e. The van der Waals surface area contributed by atoms with Gasteiger partial charge in [0.2, 0.25) is 0 Å². The quantitative estimate of drug-likeness (QED) is 0.393. The molecule has 0 bridgehead atoms. The Balaban J connectivity index is 2.72. The molecule has 0 saturated heterocycles. The SMILES string of the molecule is CC(C)C(Nc1ccccc1)C(=O)NN. The van der Waals surface area contributed by atoms with Gasteiger partial charge in [0.05, 0.1) is 0 Å². The monoisotopic (exact) mass is 207 g/mol. The minimum absolute atomic E-state index is 0.175. The van der Waals surface area contributed by atoms with Crippen LogP contribution in [0.15, 0.2) is 30.3 Å². The molecule has 4 nitrogen and oxygen atoms in total. The second kappa shape index (κ2) is 5.36. The van der Waals surface area contributed by atoms with Crippen LogP contribution in [0.25, 0.3) is 0 Å². The Morgan fingerprint density at radius 2 is 1.87 bits per heavy atom. The molecule has 0 aromatic heterocycles. The number of anilines is 1. The van der Waals surface area contributed by atoms with Gasteiger partial charge in [0, 0.05) is 5.69 Å². The van der Waals surface area contributed by atoms with Crippen molar-refractivity contribution in [2.24, 2.45) is 11.8 Å². The lowest BCUT2D eigenvalue weighted by Crippen LogP contribution is -2.45. The fraction of sp³-hybridized carbons (Fsp3) is 0.364. The molecule has 0 spiro atoms. The van der Waals surface area contributed by atoms with Crippen molar-refractivity contribution in [3.05, 3.63) is 30.3 Å². The highest BCUT2D eigenvalue weighted by Gasteiger charge is 2.20. The van der Waals surface area contributed by atoms with Gasteiger partial charge in [-0.2, -0.15) is 0 Å². The molecule has 4 N–H and O–H groups in total. The van der Waals surface area contributed by atoms with Gasteiger partial charge in [-0.25, -0.2) is 5.84 Å². The topological polar surface area (TPSA) is 67.2 Å². The highest BCUT2D eigenvalue weighted by Crippen LogP contribution is 2.12. The Morgan fingerprint density at radius 1 is 1.27 bits per heavy atom. The summed E-state index contributed by atoms with van der Waals surface area (Å²) in [7, 11) is 0. The molecule has 0 fully saturated rings. The van der Waals surface area contributed by atoms with Crippen LogP contribution < -0.4 is 16.6 Å². The van der Waals surface area contributed by atoms with E-state index in [2.05, 4.69) is 10.7 Å². The summed E-state index contributed by atoms with van der Waals surface area (Å²) in [5.74, 6) is 5.10. The Hall–Kier alpha value is -1.55. The fourth-order valence-corrected chi connectivity index (χ4v) is 1.34. The van der Waals surface area contributed by atoms with Gasteiger partial charge in [-0.05, 0) is 18.1 Å². The molecule has 1 atom stereocenters. The summed E-state index contributed by atoms with van der Waals surface area (Å²) >= 11 is 0. The maximum atomic E-state index is 11.5. The molecular weight excluding hydrogens is 190 g/mol. The third kappa shape index (κ3) is 3.25. The van der Waals surface area contributed by atoms with Crippen molar-refractivity contribution < 1.29 is 4.79 Å². The molecule has 82 valence electrons. The molecule has 1 amide bonds. The van der Waals surface area contributed by atoms with Gasteiger partial charge in [-0.1, -0.05) is 32.0 Å². The van der Waals surface area contributed by atoms with Crippen LogP contribution in [0.5, 0.6) is 0 Å². The van der Waals surface area contributed by atoms with Gasteiger partial charge >= 0.3 is 0 Å². The second-order valence-corrected chi connectivity index (χ2v) is 3.74. The zero-order valence-corrected chi connectivity index (χ0v) is 9.03. The number of hydrogen-bond acceptors (Lipinski definition) is 3. The fourth-order valence-electron chi connectivity index (χ4n) is 1.34. The summed E-state index contributed by atoms with van der Waals surface area (Å²) in [6.45, 7) is 3.94. The van der Waals surface area contributed by atoms with Crippen molar-refractivity contribution in [3.8, 4) is 0 Å². The number of amides is 1. The van der Waals surface area contributed by atoms with Crippen LogP contribution in [0.1, 0.15) is 13.8 Å². The highest BCUT2D eigenvalue weighted by atomic mass is 16.2. The molecule has 0 aliphatic carbocycles. The predicted octanol–water partition coefficient (Wildman–Crippen LogP) is 1.11. The largest absolute Gasteiger partial charge is 0.373 e. The second-order valence-electron chi connectivity index (χ2n) is 3.74. The molecule has 1 unspecified atom stereocenters. The van der Waals surface area contributed by atoms with E-state index in [0.717, 1.165) is 5.69 Å². The number of carbonyl (C=O) groups is 1. The number of hydrogen-bond donors (Lipinski definition) is 3. The number of rotatable bonds is 4. The summed E-state index contributed by atoms with van der Waals surface area (Å²) < 4.78 is 0. The third-order valence-corrected chi connectivity index (χ3v) is 2.19.